The van der Waals surface area contributed by atoms with Crippen LogP contribution < -0.4 is 10.6 Å². The van der Waals surface area contributed by atoms with Crippen molar-refractivity contribution in [3.63, 3.8) is 0 Å². The molecule has 5 nitrogen and oxygen atoms in total. The summed E-state index contributed by atoms with van der Waals surface area (Å²) in [6, 6.07) is 7.43. The molecule has 0 aliphatic heterocycles. The molecule has 0 atom stereocenters. The summed E-state index contributed by atoms with van der Waals surface area (Å²) in [5, 5.41) is 15.2. The topological polar surface area (TPSA) is 78.4 Å². The number of carbonyl (C=O) groups is 2. The standard InChI is InChI=1S/C17H24N2O3/c1-12(2)13-5-7-14(8-6-13)19-16(21)15(20)18-11-17(22)9-3-4-10-17/h5-8,12,22H,3-4,9-11H2,1-2H3,(H,18,20)(H,19,21). The molecule has 1 aromatic carbocycles. The first kappa shape index (κ1) is 16.5. The normalized spacial score (nSPS) is 16.5. The van der Waals surface area contributed by atoms with Crippen molar-refractivity contribution in [3.8, 4) is 0 Å². The molecule has 0 saturated heterocycles. The Balaban J connectivity index is 1.84. The van der Waals surface area contributed by atoms with E-state index < -0.39 is 17.4 Å². The molecule has 1 aliphatic carbocycles. The van der Waals surface area contributed by atoms with Crippen molar-refractivity contribution in [3.05, 3.63) is 29.8 Å². The van der Waals surface area contributed by atoms with Crippen LogP contribution in [-0.4, -0.2) is 29.1 Å². The van der Waals surface area contributed by atoms with Gasteiger partial charge in [-0.2, -0.15) is 0 Å². The van der Waals surface area contributed by atoms with Gasteiger partial charge in [-0.15, -0.1) is 0 Å². The zero-order valence-corrected chi connectivity index (χ0v) is 13.2. The average Bonchev–Trinajstić information content (AvgIpc) is 2.92. The maximum absolute atomic E-state index is 11.8. The van der Waals surface area contributed by atoms with E-state index in [4.69, 9.17) is 0 Å². The molecule has 0 radical (unpaired) electrons. The number of carbonyl (C=O) groups excluding carboxylic acids is 2. The van der Waals surface area contributed by atoms with Crippen molar-refractivity contribution in [2.24, 2.45) is 0 Å². The molecular weight excluding hydrogens is 280 g/mol. The summed E-state index contributed by atoms with van der Waals surface area (Å²) in [7, 11) is 0. The molecule has 1 aliphatic rings. The summed E-state index contributed by atoms with van der Waals surface area (Å²) < 4.78 is 0. The van der Waals surface area contributed by atoms with Gasteiger partial charge in [0.2, 0.25) is 0 Å². The van der Waals surface area contributed by atoms with Gasteiger partial charge in [0.05, 0.1) is 5.60 Å². The molecule has 0 aromatic heterocycles. The fraction of sp³-hybridized carbons (Fsp3) is 0.529. The molecule has 1 fully saturated rings. The van der Waals surface area contributed by atoms with Crippen LogP contribution in [0, 0.1) is 0 Å². The van der Waals surface area contributed by atoms with E-state index in [0.29, 0.717) is 24.4 Å². The Bertz CT molecular complexity index is 531. The number of benzene rings is 1. The lowest BCUT2D eigenvalue weighted by molar-refractivity contribution is -0.136. The van der Waals surface area contributed by atoms with Crippen molar-refractivity contribution < 1.29 is 14.7 Å². The molecule has 1 aromatic rings. The highest BCUT2D eigenvalue weighted by Crippen LogP contribution is 2.28. The van der Waals surface area contributed by atoms with Gasteiger partial charge < -0.3 is 15.7 Å². The van der Waals surface area contributed by atoms with Crippen molar-refractivity contribution >= 4 is 17.5 Å². The van der Waals surface area contributed by atoms with Gasteiger partial charge in [-0.1, -0.05) is 38.8 Å². The van der Waals surface area contributed by atoms with Crippen LogP contribution in [0.5, 0.6) is 0 Å². The summed E-state index contributed by atoms with van der Waals surface area (Å²) in [6.45, 7) is 4.31. The third kappa shape index (κ3) is 4.31. The zero-order valence-electron chi connectivity index (χ0n) is 13.2. The minimum atomic E-state index is -0.852. The SMILES string of the molecule is CC(C)c1ccc(NC(=O)C(=O)NCC2(O)CCCC2)cc1. The lowest BCUT2D eigenvalue weighted by Gasteiger charge is -2.22. The highest BCUT2D eigenvalue weighted by Gasteiger charge is 2.32. The molecule has 3 N–H and O–H groups in total. The van der Waals surface area contributed by atoms with Crippen molar-refractivity contribution in [2.75, 3.05) is 11.9 Å². The number of hydrogen-bond donors (Lipinski definition) is 3. The first-order chi connectivity index (χ1) is 10.4. The molecule has 0 spiro atoms. The van der Waals surface area contributed by atoms with Crippen LogP contribution in [0.3, 0.4) is 0 Å². The third-order valence-electron chi connectivity index (χ3n) is 4.15. The second-order valence-electron chi connectivity index (χ2n) is 6.34. The maximum Gasteiger partial charge on any atom is 0.313 e. The van der Waals surface area contributed by atoms with E-state index in [1.165, 1.54) is 5.56 Å². The average molecular weight is 304 g/mol. The van der Waals surface area contributed by atoms with Crippen LogP contribution in [0.1, 0.15) is 51.0 Å². The Morgan fingerprint density at radius 3 is 2.27 bits per heavy atom. The number of hydrogen-bond acceptors (Lipinski definition) is 3. The van der Waals surface area contributed by atoms with E-state index in [2.05, 4.69) is 24.5 Å². The van der Waals surface area contributed by atoms with Gasteiger partial charge in [-0.05, 0) is 36.5 Å². The third-order valence-corrected chi connectivity index (χ3v) is 4.15. The minimum absolute atomic E-state index is 0.130. The predicted molar refractivity (Wildman–Crippen MR) is 85.6 cm³/mol. The fourth-order valence-electron chi connectivity index (χ4n) is 2.67. The first-order valence-corrected chi connectivity index (χ1v) is 7.81. The highest BCUT2D eigenvalue weighted by molar-refractivity contribution is 6.39. The molecular formula is C17H24N2O3. The Hall–Kier alpha value is -1.88. The minimum Gasteiger partial charge on any atom is -0.388 e. The van der Waals surface area contributed by atoms with Gasteiger partial charge in [0.1, 0.15) is 0 Å². The number of nitrogens with one attached hydrogen (secondary N) is 2. The molecule has 2 amide bonds. The number of aliphatic hydroxyl groups is 1. The lowest BCUT2D eigenvalue weighted by Crippen LogP contribution is -2.44. The summed E-state index contributed by atoms with van der Waals surface area (Å²) >= 11 is 0. The highest BCUT2D eigenvalue weighted by atomic mass is 16.3. The van der Waals surface area contributed by atoms with Crippen LogP contribution in [0.2, 0.25) is 0 Å². The van der Waals surface area contributed by atoms with Crippen LogP contribution in [0.4, 0.5) is 5.69 Å². The van der Waals surface area contributed by atoms with E-state index in [1.54, 1.807) is 12.1 Å². The molecule has 5 heteroatoms. The van der Waals surface area contributed by atoms with E-state index in [9.17, 15) is 14.7 Å². The predicted octanol–water partition coefficient (Wildman–Crippen LogP) is 2.17. The van der Waals surface area contributed by atoms with Gasteiger partial charge in [-0.3, -0.25) is 9.59 Å². The Morgan fingerprint density at radius 2 is 1.73 bits per heavy atom. The summed E-state index contributed by atoms with van der Waals surface area (Å²) in [5.41, 5.74) is 0.907. The van der Waals surface area contributed by atoms with Gasteiger partial charge >= 0.3 is 11.8 Å². The Labute approximate surface area is 131 Å². The molecule has 0 bridgehead atoms. The summed E-state index contributed by atoms with van der Waals surface area (Å²) in [5.74, 6) is -1.01. The molecule has 1 saturated carbocycles. The van der Waals surface area contributed by atoms with Gasteiger partial charge in [0.15, 0.2) is 0 Å². The monoisotopic (exact) mass is 304 g/mol. The van der Waals surface area contributed by atoms with Crippen LogP contribution in [-0.2, 0) is 9.59 Å². The quantitative estimate of drug-likeness (QED) is 0.746. The number of rotatable bonds is 4. The summed E-state index contributed by atoms with van der Waals surface area (Å²) in [4.78, 5) is 23.6. The van der Waals surface area contributed by atoms with Gasteiger partial charge in [0, 0.05) is 12.2 Å². The molecule has 2 rings (SSSR count). The van der Waals surface area contributed by atoms with Crippen LogP contribution >= 0.6 is 0 Å². The van der Waals surface area contributed by atoms with Crippen molar-refractivity contribution in [2.45, 2.75) is 51.0 Å². The number of amides is 2. The zero-order chi connectivity index (χ0) is 16.2. The van der Waals surface area contributed by atoms with Crippen molar-refractivity contribution in [1.29, 1.82) is 0 Å². The molecule has 0 unspecified atom stereocenters. The van der Waals surface area contributed by atoms with E-state index in [1.807, 2.05) is 12.1 Å². The van der Waals surface area contributed by atoms with Crippen LogP contribution in [0.25, 0.3) is 0 Å². The Kier molecular flexibility index (Phi) is 5.19. The van der Waals surface area contributed by atoms with E-state index in [0.717, 1.165) is 12.8 Å². The molecule has 120 valence electrons. The second kappa shape index (κ2) is 6.92. The first-order valence-electron chi connectivity index (χ1n) is 7.81. The smallest absolute Gasteiger partial charge is 0.313 e. The maximum atomic E-state index is 11.8. The van der Waals surface area contributed by atoms with E-state index >= 15 is 0 Å². The number of anilines is 1. The summed E-state index contributed by atoms with van der Waals surface area (Å²) in [6.07, 6.45) is 3.26. The largest absolute Gasteiger partial charge is 0.388 e. The molecule has 0 heterocycles. The molecule has 22 heavy (non-hydrogen) atoms. The fourth-order valence-corrected chi connectivity index (χ4v) is 2.67. The van der Waals surface area contributed by atoms with Gasteiger partial charge in [-0.25, -0.2) is 0 Å². The Morgan fingerprint density at radius 1 is 1.14 bits per heavy atom. The van der Waals surface area contributed by atoms with Crippen molar-refractivity contribution in [1.82, 2.24) is 5.32 Å². The van der Waals surface area contributed by atoms with E-state index in [-0.39, 0.29) is 6.54 Å². The van der Waals surface area contributed by atoms with Crippen LogP contribution in [0.15, 0.2) is 24.3 Å². The lowest BCUT2D eigenvalue weighted by atomic mass is 10.0. The second-order valence-corrected chi connectivity index (χ2v) is 6.34. The van der Waals surface area contributed by atoms with Gasteiger partial charge in [0.25, 0.3) is 0 Å².